The van der Waals surface area contributed by atoms with Crippen LogP contribution in [-0.2, 0) is 7.05 Å². The van der Waals surface area contributed by atoms with E-state index in [0.29, 0.717) is 17.8 Å². The standard InChI is InChI=1S/C14H28N4/c1-10(2)13(11(3)4)7-16-8-14(15)12-6-17-18(5)9-12/h6,9-11,13-14,16H,7-8,15H2,1-5H3. The van der Waals surface area contributed by atoms with E-state index in [1.54, 1.807) is 4.68 Å². The minimum absolute atomic E-state index is 0.0266. The number of aromatic nitrogens is 2. The number of hydrogen-bond acceptors (Lipinski definition) is 3. The summed E-state index contributed by atoms with van der Waals surface area (Å²) in [6.07, 6.45) is 3.82. The highest BCUT2D eigenvalue weighted by Gasteiger charge is 2.17. The lowest BCUT2D eigenvalue weighted by atomic mass is 9.85. The van der Waals surface area contributed by atoms with E-state index in [1.807, 2.05) is 19.4 Å². The van der Waals surface area contributed by atoms with Crippen LogP contribution in [0.25, 0.3) is 0 Å². The van der Waals surface area contributed by atoms with Crippen LogP contribution in [0.15, 0.2) is 12.4 Å². The number of nitrogens with zero attached hydrogens (tertiary/aromatic N) is 2. The van der Waals surface area contributed by atoms with E-state index in [2.05, 4.69) is 38.1 Å². The first-order chi connectivity index (χ1) is 8.41. The van der Waals surface area contributed by atoms with E-state index in [0.717, 1.165) is 18.7 Å². The second-order valence-electron chi connectivity index (χ2n) is 5.86. The molecule has 0 aliphatic heterocycles. The van der Waals surface area contributed by atoms with Crippen molar-refractivity contribution in [2.45, 2.75) is 33.7 Å². The third kappa shape index (κ3) is 4.42. The molecule has 0 bridgehead atoms. The van der Waals surface area contributed by atoms with E-state index < -0.39 is 0 Å². The minimum Gasteiger partial charge on any atom is -0.323 e. The number of nitrogens with two attached hydrogens (primary N) is 1. The van der Waals surface area contributed by atoms with Gasteiger partial charge in [-0.05, 0) is 24.3 Å². The number of aryl methyl sites for hydroxylation is 1. The van der Waals surface area contributed by atoms with Crippen molar-refractivity contribution in [1.29, 1.82) is 0 Å². The van der Waals surface area contributed by atoms with Crippen LogP contribution in [0.4, 0.5) is 0 Å². The van der Waals surface area contributed by atoms with Crippen LogP contribution in [0, 0.1) is 17.8 Å². The molecule has 1 atom stereocenters. The highest BCUT2D eigenvalue weighted by molar-refractivity contribution is 5.09. The van der Waals surface area contributed by atoms with Crippen molar-refractivity contribution >= 4 is 0 Å². The molecule has 0 aliphatic carbocycles. The van der Waals surface area contributed by atoms with Crippen molar-refractivity contribution in [3.63, 3.8) is 0 Å². The first-order valence-corrected chi connectivity index (χ1v) is 6.86. The maximum absolute atomic E-state index is 6.13. The molecular formula is C14H28N4. The van der Waals surface area contributed by atoms with Gasteiger partial charge in [0, 0.05) is 31.4 Å². The van der Waals surface area contributed by atoms with E-state index in [9.17, 15) is 0 Å². The molecule has 1 aromatic heterocycles. The van der Waals surface area contributed by atoms with Gasteiger partial charge in [0.25, 0.3) is 0 Å². The predicted octanol–water partition coefficient (Wildman–Crippen LogP) is 1.94. The zero-order valence-electron chi connectivity index (χ0n) is 12.4. The van der Waals surface area contributed by atoms with Crippen molar-refractivity contribution in [3.8, 4) is 0 Å². The fourth-order valence-electron chi connectivity index (χ4n) is 2.40. The molecular weight excluding hydrogens is 224 g/mol. The van der Waals surface area contributed by atoms with Gasteiger partial charge in [0.1, 0.15) is 0 Å². The molecule has 0 aliphatic rings. The summed E-state index contributed by atoms with van der Waals surface area (Å²) in [5.74, 6) is 2.10. The molecule has 4 nitrogen and oxygen atoms in total. The zero-order valence-corrected chi connectivity index (χ0v) is 12.4. The SMILES string of the molecule is CC(C)C(CNCC(N)c1cnn(C)c1)C(C)C. The van der Waals surface area contributed by atoms with Crippen LogP contribution in [0.2, 0.25) is 0 Å². The van der Waals surface area contributed by atoms with Crippen molar-refractivity contribution in [2.24, 2.45) is 30.5 Å². The molecule has 3 N–H and O–H groups in total. The molecule has 0 radical (unpaired) electrons. The first-order valence-electron chi connectivity index (χ1n) is 6.86. The van der Waals surface area contributed by atoms with Crippen molar-refractivity contribution in [3.05, 3.63) is 18.0 Å². The highest BCUT2D eigenvalue weighted by Crippen LogP contribution is 2.19. The van der Waals surface area contributed by atoms with Gasteiger partial charge in [-0.3, -0.25) is 4.68 Å². The van der Waals surface area contributed by atoms with Gasteiger partial charge in [-0.1, -0.05) is 27.7 Å². The molecule has 0 saturated carbocycles. The average molecular weight is 252 g/mol. The zero-order chi connectivity index (χ0) is 13.7. The Morgan fingerprint density at radius 3 is 2.28 bits per heavy atom. The largest absolute Gasteiger partial charge is 0.323 e. The highest BCUT2D eigenvalue weighted by atomic mass is 15.2. The molecule has 1 aromatic rings. The van der Waals surface area contributed by atoms with Crippen LogP contribution in [0.1, 0.15) is 39.3 Å². The van der Waals surface area contributed by atoms with Crippen LogP contribution >= 0.6 is 0 Å². The quantitative estimate of drug-likeness (QED) is 0.779. The first kappa shape index (κ1) is 15.2. The molecule has 104 valence electrons. The van der Waals surface area contributed by atoms with Crippen LogP contribution in [-0.4, -0.2) is 22.9 Å². The summed E-state index contributed by atoms with van der Waals surface area (Å²) in [6, 6.07) is 0.0266. The summed E-state index contributed by atoms with van der Waals surface area (Å²) in [6.45, 7) is 11.0. The molecule has 0 spiro atoms. The normalized spacial score (nSPS) is 13.8. The fourth-order valence-corrected chi connectivity index (χ4v) is 2.40. The Morgan fingerprint density at radius 2 is 1.83 bits per heavy atom. The van der Waals surface area contributed by atoms with E-state index in [4.69, 9.17) is 5.73 Å². The van der Waals surface area contributed by atoms with Gasteiger partial charge in [0.2, 0.25) is 0 Å². The lowest BCUT2D eigenvalue weighted by Gasteiger charge is -2.25. The Hall–Kier alpha value is -0.870. The van der Waals surface area contributed by atoms with Gasteiger partial charge < -0.3 is 11.1 Å². The maximum Gasteiger partial charge on any atom is 0.0537 e. The van der Waals surface area contributed by atoms with Gasteiger partial charge in [0.05, 0.1) is 6.20 Å². The third-order valence-corrected chi connectivity index (χ3v) is 3.61. The summed E-state index contributed by atoms with van der Waals surface area (Å²) in [5, 5.41) is 7.64. The minimum atomic E-state index is 0.0266. The maximum atomic E-state index is 6.13. The summed E-state index contributed by atoms with van der Waals surface area (Å²) in [7, 11) is 1.91. The molecule has 1 rings (SSSR count). The number of hydrogen-bond donors (Lipinski definition) is 2. The van der Waals surface area contributed by atoms with Gasteiger partial charge in [-0.25, -0.2) is 0 Å². The van der Waals surface area contributed by atoms with Crippen molar-refractivity contribution in [1.82, 2.24) is 15.1 Å². The van der Waals surface area contributed by atoms with Gasteiger partial charge in [-0.15, -0.1) is 0 Å². The second kappa shape index (κ2) is 6.90. The summed E-state index contributed by atoms with van der Waals surface area (Å²) in [4.78, 5) is 0. The molecule has 1 unspecified atom stereocenters. The smallest absolute Gasteiger partial charge is 0.0537 e. The Bertz CT molecular complexity index is 335. The van der Waals surface area contributed by atoms with Crippen LogP contribution in [0.3, 0.4) is 0 Å². The number of rotatable bonds is 7. The summed E-state index contributed by atoms with van der Waals surface area (Å²) >= 11 is 0. The molecule has 0 amide bonds. The summed E-state index contributed by atoms with van der Waals surface area (Å²) < 4.78 is 1.79. The Morgan fingerprint density at radius 1 is 1.22 bits per heavy atom. The van der Waals surface area contributed by atoms with Crippen LogP contribution in [0.5, 0.6) is 0 Å². The van der Waals surface area contributed by atoms with Crippen LogP contribution < -0.4 is 11.1 Å². The Labute approximate surface area is 111 Å². The molecule has 1 heterocycles. The lowest BCUT2D eigenvalue weighted by molar-refractivity contribution is 0.274. The van der Waals surface area contributed by atoms with E-state index in [-0.39, 0.29) is 6.04 Å². The lowest BCUT2D eigenvalue weighted by Crippen LogP contribution is -2.34. The van der Waals surface area contributed by atoms with Gasteiger partial charge in [0.15, 0.2) is 0 Å². The second-order valence-corrected chi connectivity index (χ2v) is 5.86. The fraction of sp³-hybridized carbons (Fsp3) is 0.786. The van der Waals surface area contributed by atoms with Crippen molar-refractivity contribution < 1.29 is 0 Å². The Balaban J connectivity index is 2.37. The van der Waals surface area contributed by atoms with Gasteiger partial charge >= 0.3 is 0 Å². The average Bonchev–Trinajstić information content (AvgIpc) is 2.69. The predicted molar refractivity (Wildman–Crippen MR) is 76.2 cm³/mol. The Kier molecular flexibility index (Phi) is 5.82. The van der Waals surface area contributed by atoms with Crippen molar-refractivity contribution in [2.75, 3.05) is 13.1 Å². The molecule has 0 aromatic carbocycles. The molecule has 18 heavy (non-hydrogen) atoms. The molecule has 0 fully saturated rings. The topological polar surface area (TPSA) is 55.9 Å². The third-order valence-electron chi connectivity index (χ3n) is 3.61. The van der Waals surface area contributed by atoms with Gasteiger partial charge in [-0.2, -0.15) is 5.10 Å². The number of nitrogens with one attached hydrogen (secondary N) is 1. The van der Waals surface area contributed by atoms with E-state index in [1.165, 1.54) is 0 Å². The molecule has 0 saturated heterocycles. The summed E-state index contributed by atoms with van der Waals surface area (Å²) in [5.41, 5.74) is 7.22. The molecule has 4 heteroatoms. The monoisotopic (exact) mass is 252 g/mol. The van der Waals surface area contributed by atoms with E-state index >= 15 is 0 Å².